The van der Waals surface area contributed by atoms with Gasteiger partial charge < -0.3 is 14.9 Å². The number of fused-ring (bicyclic) bond motifs is 1. The number of halogens is 6. The monoisotopic (exact) mass is 652 g/mol. The molecule has 8 nitrogen and oxygen atoms in total. The summed E-state index contributed by atoms with van der Waals surface area (Å²) in [6.45, 7) is 5.11. The molecule has 2 aliphatic rings. The molecule has 14 heteroatoms. The van der Waals surface area contributed by atoms with Gasteiger partial charge in [-0.2, -0.15) is 31.1 Å². The SMILES string of the molecule is Cc1cc(C)c2c(c1)[C@@H](N(Cc1cc(C(F)(F)F)cc(C(F)(F)F)c1)c1nnn(C)n1)CCCN2CCC1CCC(C(=O)O)CC1. The van der Waals surface area contributed by atoms with Gasteiger partial charge in [-0.1, -0.05) is 22.8 Å². The number of nitrogens with zero attached hydrogens (tertiary/aromatic N) is 6. The van der Waals surface area contributed by atoms with E-state index < -0.39 is 35.5 Å². The van der Waals surface area contributed by atoms with Crippen LogP contribution in [0.25, 0.3) is 0 Å². The van der Waals surface area contributed by atoms with Gasteiger partial charge in [0.15, 0.2) is 0 Å². The molecule has 0 saturated heterocycles. The van der Waals surface area contributed by atoms with Crippen molar-refractivity contribution >= 4 is 17.6 Å². The summed E-state index contributed by atoms with van der Waals surface area (Å²) < 4.78 is 82.5. The van der Waals surface area contributed by atoms with Gasteiger partial charge in [0.2, 0.25) is 0 Å². The number of anilines is 2. The molecule has 1 aromatic heterocycles. The van der Waals surface area contributed by atoms with Gasteiger partial charge in [-0.3, -0.25) is 4.79 Å². The number of tetrazole rings is 1. The van der Waals surface area contributed by atoms with E-state index in [1.807, 2.05) is 19.9 Å². The highest BCUT2D eigenvalue weighted by molar-refractivity contribution is 5.70. The van der Waals surface area contributed by atoms with Crippen molar-refractivity contribution in [2.75, 3.05) is 22.9 Å². The number of hydrogen-bond donors (Lipinski definition) is 1. The summed E-state index contributed by atoms with van der Waals surface area (Å²) in [4.78, 5) is 16.6. The maximum absolute atomic E-state index is 13.7. The zero-order chi connectivity index (χ0) is 33.4. The van der Waals surface area contributed by atoms with E-state index in [4.69, 9.17) is 0 Å². The number of carbonyl (C=O) groups is 1. The molecule has 1 saturated carbocycles. The normalized spacial score (nSPS) is 20.7. The fourth-order valence-corrected chi connectivity index (χ4v) is 7.02. The molecule has 3 aromatic rings. The number of rotatable bonds is 8. The Hall–Kier alpha value is -3.84. The van der Waals surface area contributed by atoms with Crippen LogP contribution in [0, 0.1) is 25.7 Å². The van der Waals surface area contributed by atoms with Gasteiger partial charge in [-0.05, 0) is 105 Å². The summed E-state index contributed by atoms with van der Waals surface area (Å²) in [6, 6.07) is 5.28. The van der Waals surface area contributed by atoms with Gasteiger partial charge >= 0.3 is 18.3 Å². The van der Waals surface area contributed by atoms with Crippen molar-refractivity contribution < 1.29 is 36.2 Å². The van der Waals surface area contributed by atoms with Gasteiger partial charge in [0.1, 0.15) is 0 Å². The number of carboxylic acids is 1. The maximum Gasteiger partial charge on any atom is 0.416 e. The van der Waals surface area contributed by atoms with Crippen molar-refractivity contribution in [1.29, 1.82) is 0 Å². The third-order valence-electron chi connectivity index (χ3n) is 9.19. The highest BCUT2D eigenvalue weighted by Crippen LogP contribution is 2.43. The van der Waals surface area contributed by atoms with Crippen LogP contribution in [-0.2, 0) is 30.7 Å². The van der Waals surface area contributed by atoms with Crippen molar-refractivity contribution in [2.45, 2.75) is 83.7 Å². The maximum atomic E-state index is 13.7. The average molecular weight is 653 g/mol. The second-order valence-corrected chi connectivity index (χ2v) is 12.6. The molecule has 2 heterocycles. The minimum atomic E-state index is -4.97. The fraction of sp³-hybridized carbons (Fsp3) is 0.562. The molecule has 46 heavy (non-hydrogen) atoms. The lowest BCUT2D eigenvalue weighted by Gasteiger charge is -2.34. The van der Waals surface area contributed by atoms with Gasteiger partial charge in [0.25, 0.3) is 5.95 Å². The Morgan fingerprint density at radius 2 is 1.61 bits per heavy atom. The molecule has 2 aromatic carbocycles. The van der Waals surface area contributed by atoms with E-state index in [9.17, 15) is 36.2 Å². The highest BCUT2D eigenvalue weighted by Gasteiger charge is 2.38. The van der Waals surface area contributed by atoms with Gasteiger partial charge in [0.05, 0.1) is 30.1 Å². The highest BCUT2D eigenvalue weighted by atomic mass is 19.4. The van der Waals surface area contributed by atoms with Crippen molar-refractivity contribution in [1.82, 2.24) is 20.2 Å². The summed E-state index contributed by atoms with van der Waals surface area (Å²) in [6.07, 6.45) is -4.73. The van der Waals surface area contributed by atoms with Crippen LogP contribution in [0.15, 0.2) is 30.3 Å². The predicted octanol–water partition coefficient (Wildman–Crippen LogP) is 7.49. The second kappa shape index (κ2) is 13.1. The Kier molecular flexibility index (Phi) is 9.55. The second-order valence-electron chi connectivity index (χ2n) is 12.6. The van der Waals surface area contributed by atoms with E-state index in [1.165, 1.54) is 4.80 Å². The molecule has 0 amide bonds. The minimum absolute atomic E-state index is 0.104. The molecular formula is C32H38F6N6O2. The molecule has 1 aliphatic carbocycles. The summed E-state index contributed by atoms with van der Waals surface area (Å²) >= 11 is 0. The summed E-state index contributed by atoms with van der Waals surface area (Å²) in [7, 11) is 1.54. The average Bonchev–Trinajstić information content (AvgIpc) is 3.32. The number of aromatic nitrogens is 4. The van der Waals surface area contributed by atoms with Crippen LogP contribution < -0.4 is 9.80 Å². The zero-order valence-electron chi connectivity index (χ0n) is 26.0. The molecule has 0 bridgehead atoms. The Labute approximate surface area is 263 Å². The third-order valence-corrected chi connectivity index (χ3v) is 9.19. The van der Waals surface area contributed by atoms with Crippen LogP contribution in [0.3, 0.4) is 0 Å². The van der Waals surface area contributed by atoms with E-state index >= 15 is 0 Å². The topological polar surface area (TPSA) is 87.4 Å². The van der Waals surface area contributed by atoms with E-state index in [-0.39, 0.29) is 30.0 Å². The number of benzene rings is 2. The van der Waals surface area contributed by atoms with Crippen LogP contribution in [0.4, 0.5) is 38.0 Å². The molecule has 1 atom stereocenters. The lowest BCUT2D eigenvalue weighted by atomic mass is 9.80. The number of aliphatic carboxylic acids is 1. The Balaban J connectivity index is 1.51. The lowest BCUT2D eigenvalue weighted by Crippen LogP contribution is -2.31. The first-order chi connectivity index (χ1) is 21.6. The Bertz CT molecular complexity index is 1510. The van der Waals surface area contributed by atoms with E-state index in [0.29, 0.717) is 38.1 Å². The van der Waals surface area contributed by atoms with Crippen molar-refractivity contribution in [3.63, 3.8) is 0 Å². The Morgan fingerprint density at radius 1 is 0.957 bits per heavy atom. The lowest BCUT2D eigenvalue weighted by molar-refractivity contribution is -0.144. The number of alkyl halides is 6. The zero-order valence-corrected chi connectivity index (χ0v) is 26.0. The molecule has 1 N–H and O–H groups in total. The molecule has 250 valence electrons. The molecule has 1 aliphatic heterocycles. The molecule has 0 spiro atoms. The first-order valence-electron chi connectivity index (χ1n) is 15.5. The summed E-state index contributed by atoms with van der Waals surface area (Å²) in [5.41, 5.74) is 0.962. The number of hydrogen-bond acceptors (Lipinski definition) is 6. The predicted molar refractivity (Wildman–Crippen MR) is 159 cm³/mol. The molecular weight excluding hydrogens is 614 g/mol. The molecule has 5 rings (SSSR count). The van der Waals surface area contributed by atoms with Crippen LogP contribution in [-0.4, -0.2) is 44.4 Å². The van der Waals surface area contributed by atoms with Gasteiger partial charge in [-0.25, -0.2) is 0 Å². The first-order valence-corrected chi connectivity index (χ1v) is 15.5. The van der Waals surface area contributed by atoms with E-state index in [2.05, 4.69) is 26.4 Å². The van der Waals surface area contributed by atoms with Crippen LogP contribution in [0.1, 0.15) is 84.4 Å². The van der Waals surface area contributed by atoms with Crippen LogP contribution in [0.5, 0.6) is 0 Å². The van der Waals surface area contributed by atoms with Crippen LogP contribution in [0.2, 0.25) is 0 Å². The Morgan fingerprint density at radius 3 is 2.17 bits per heavy atom. The summed E-state index contributed by atoms with van der Waals surface area (Å²) in [5.74, 6) is -0.509. The first kappa shape index (κ1) is 33.5. The number of aryl methyl sites for hydroxylation is 3. The molecule has 0 unspecified atom stereocenters. The molecule has 0 radical (unpaired) electrons. The molecule has 1 fully saturated rings. The third kappa shape index (κ3) is 7.58. The van der Waals surface area contributed by atoms with Gasteiger partial charge in [-0.15, -0.1) is 5.10 Å². The van der Waals surface area contributed by atoms with Crippen molar-refractivity contribution in [3.05, 3.63) is 63.7 Å². The smallest absolute Gasteiger partial charge is 0.416 e. The number of carboxylic acid groups (broad SMARTS) is 1. The van der Waals surface area contributed by atoms with Crippen molar-refractivity contribution in [2.24, 2.45) is 18.9 Å². The quantitative estimate of drug-likeness (QED) is 0.252. The largest absolute Gasteiger partial charge is 0.481 e. The fourth-order valence-electron chi connectivity index (χ4n) is 7.02. The van der Waals surface area contributed by atoms with Crippen molar-refractivity contribution in [3.8, 4) is 0 Å². The minimum Gasteiger partial charge on any atom is -0.481 e. The summed E-state index contributed by atoms with van der Waals surface area (Å²) in [5, 5.41) is 21.8. The van der Waals surface area contributed by atoms with Gasteiger partial charge in [0, 0.05) is 25.3 Å². The van der Waals surface area contributed by atoms with E-state index in [1.54, 1.807) is 11.9 Å². The van der Waals surface area contributed by atoms with Crippen LogP contribution >= 0.6 is 0 Å². The van der Waals surface area contributed by atoms with E-state index in [0.717, 1.165) is 60.3 Å². The standard InChI is InChI=1S/C32H38F6N6O2/c1-19-13-20(2)28-26(14-19)27(5-4-11-43(28)12-10-21-6-8-23(9-7-21)29(45)46)44(30-39-41-42(3)40-30)18-22-15-24(31(33,34)35)17-25(16-22)32(36,37)38/h13-17,21,23,27H,4-12,18H2,1-3H3,(H,45,46)/t21?,23?,27-/m0/s1.